The first-order valence-electron chi connectivity index (χ1n) is 6.16. The molecule has 2 rings (SSSR count). The van der Waals surface area contributed by atoms with Gasteiger partial charge in [-0.15, -0.1) is 13.2 Å². The third-order valence-electron chi connectivity index (χ3n) is 3.03. The predicted octanol–water partition coefficient (Wildman–Crippen LogP) is 3.33. The van der Waals surface area contributed by atoms with Crippen LogP contribution in [0.15, 0.2) is 67.8 Å². The number of benzene rings is 2. The van der Waals surface area contributed by atoms with Crippen LogP contribution in [0.5, 0.6) is 0 Å². The Morgan fingerprint density at radius 3 is 2.45 bits per heavy atom. The molecule has 1 atom stereocenters. The van der Waals surface area contributed by atoms with Crippen molar-refractivity contribution in [2.75, 3.05) is 0 Å². The van der Waals surface area contributed by atoms with Gasteiger partial charge in [-0.25, -0.2) is 13.1 Å². The lowest BCUT2D eigenvalue weighted by molar-refractivity contribution is 0.583. The van der Waals surface area contributed by atoms with Crippen LogP contribution in [0.25, 0.3) is 10.8 Å². The van der Waals surface area contributed by atoms with E-state index in [0.717, 1.165) is 10.8 Å². The Kier molecular flexibility index (Phi) is 4.37. The van der Waals surface area contributed by atoms with Gasteiger partial charge in [0.2, 0.25) is 10.0 Å². The molecule has 2 aromatic carbocycles. The molecule has 4 heteroatoms. The van der Waals surface area contributed by atoms with Gasteiger partial charge in [-0.3, -0.25) is 0 Å². The molecule has 0 aliphatic heterocycles. The lowest BCUT2D eigenvalue weighted by Gasteiger charge is -2.16. The summed E-state index contributed by atoms with van der Waals surface area (Å²) in [5, 5.41) is 1.09. The molecule has 0 aliphatic carbocycles. The second-order valence-corrected chi connectivity index (χ2v) is 6.12. The topological polar surface area (TPSA) is 46.2 Å². The Morgan fingerprint density at radius 2 is 1.75 bits per heavy atom. The van der Waals surface area contributed by atoms with Crippen molar-refractivity contribution < 1.29 is 8.42 Å². The van der Waals surface area contributed by atoms with Gasteiger partial charge in [0.25, 0.3) is 0 Å². The molecule has 103 valence electrons. The second-order valence-electron chi connectivity index (χ2n) is 4.29. The van der Waals surface area contributed by atoms with Crippen LogP contribution in [-0.4, -0.2) is 8.42 Å². The summed E-state index contributed by atoms with van der Waals surface area (Å²) in [5.41, 5.74) is 0.711. The van der Waals surface area contributed by atoms with Crippen LogP contribution in [0.2, 0.25) is 0 Å². The Labute approximate surface area is 119 Å². The third-order valence-corrected chi connectivity index (χ3v) is 4.61. The molecule has 0 bridgehead atoms. The Hall–Kier alpha value is -1.91. The lowest BCUT2D eigenvalue weighted by Crippen LogP contribution is -2.25. The van der Waals surface area contributed by atoms with E-state index in [1.807, 2.05) is 42.5 Å². The predicted molar refractivity (Wildman–Crippen MR) is 83.4 cm³/mol. The minimum absolute atomic E-state index is 0.711. The van der Waals surface area contributed by atoms with Gasteiger partial charge in [0.15, 0.2) is 0 Å². The molecule has 1 unspecified atom stereocenters. The quantitative estimate of drug-likeness (QED) is 0.828. The maximum Gasteiger partial charge on any atom is 0.222 e. The van der Waals surface area contributed by atoms with Gasteiger partial charge in [-0.2, -0.15) is 0 Å². The van der Waals surface area contributed by atoms with Crippen LogP contribution in [0, 0.1) is 6.54 Å². The lowest BCUT2D eigenvalue weighted by atomic mass is 10.0. The molecular formula is C16H16NO2S. The van der Waals surface area contributed by atoms with E-state index in [9.17, 15) is 8.42 Å². The molecule has 1 radical (unpaired) electrons. The Bertz CT molecular complexity index is 730. The number of hydrogen-bond donors (Lipinski definition) is 1. The van der Waals surface area contributed by atoms with Gasteiger partial charge in [-0.05, 0) is 16.3 Å². The fraction of sp³-hybridized carbons (Fsp3) is 0.0625. The number of rotatable bonds is 6. The van der Waals surface area contributed by atoms with Crippen molar-refractivity contribution in [3.63, 3.8) is 0 Å². The minimum Gasteiger partial charge on any atom is -0.211 e. The number of hydrogen-bond acceptors (Lipinski definition) is 2. The van der Waals surface area contributed by atoms with Crippen molar-refractivity contribution in [2.45, 2.75) is 5.25 Å². The Morgan fingerprint density at radius 1 is 1.05 bits per heavy atom. The summed E-state index contributed by atoms with van der Waals surface area (Å²) in [6.07, 6.45) is 2.82. The second kappa shape index (κ2) is 6.03. The van der Waals surface area contributed by atoms with E-state index >= 15 is 0 Å². The summed E-state index contributed by atoms with van der Waals surface area (Å²) in [7, 11) is -3.57. The van der Waals surface area contributed by atoms with E-state index in [4.69, 9.17) is 0 Å². The van der Waals surface area contributed by atoms with E-state index < -0.39 is 15.3 Å². The van der Waals surface area contributed by atoms with Crippen LogP contribution in [0.4, 0.5) is 0 Å². The molecule has 0 heterocycles. The average molecular weight is 286 g/mol. The molecule has 0 saturated carbocycles. The highest BCUT2D eigenvalue weighted by Gasteiger charge is 2.24. The van der Waals surface area contributed by atoms with Crippen molar-refractivity contribution in [1.29, 1.82) is 0 Å². The molecule has 1 N–H and O–H groups in total. The highest BCUT2D eigenvalue weighted by Crippen LogP contribution is 2.29. The van der Waals surface area contributed by atoms with Crippen LogP contribution >= 0.6 is 0 Å². The molecular weight excluding hydrogens is 270 g/mol. The minimum atomic E-state index is -3.57. The maximum atomic E-state index is 12.3. The molecule has 0 fully saturated rings. The van der Waals surface area contributed by atoms with Crippen molar-refractivity contribution in [3.05, 3.63) is 79.9 Å². The van der Waals surface area contributed by atoms with Gasteiger partial charge in [0.1, 0.15) is 5.25 Å². The summed E-state index contributed by atoms with van der Waals surface area (Å²) in [6.45, 7) is 8.43. The standard InChI is InChI=1S/C16H16NO2S/c1-3-12-17-20(18,19)16(4-2)15-11-7-9-13-8-5-6-10-14(13)15/h3-12,16-17H,1-2H2. The molecule has 3 nitrogen and oxygen atoms in total. The number of sulfonamides is 1. The fourth-order valence-electron chi connectivity index (χ4n) is 2.14. The summed E-state index contributed by atoms with van der Waals surface area (Å²) < 4.78 is 27.0. The van der Waals surface area contributed by atoms with Gasteiger partial charge >= 0.3 is 0 Å². The summed E-state index contributed by atoms with van der Waals surface area (Å²) in [6, 6.07) is 13.3. The van der Waals surface area contributed by atoms with E-state index in [0.29, 0.717) is 5.56 Å². The first-order valence-corrected chi connectivity index (χ1v) is 7.70. The highest BCUT2D eigenvalue weighted by molar-refractivity contribution is 7.90. The van der Waals surface area contributed by atoms with Gasteiger partial charge < -0.3 is 0 Å². The monoisotopic (exact) mass is 286 g/mol. The summed E-state index contributed by atoms with van der Waals surface area (Å²) >= 11 is 0. The van der Waals surface area contributed by atoms with E-state index in [1.54, 1.807) is 0 Å². The summed E-state index contributed by atoms with van der Waals surface area (Å²) in [4.78, 5) is 0. The van der Waals surface area contributed by atoms with E-state index in [-0.39, 0.29) is 0 Å². The normalized spacial score (nSPS) is 13.0. The fourth-order valence-corrected chi connectivity index (χ4v) is 3.36. The zero-order chi connectivity index (χ0) is 14.6. The highest BCUT2D eigenvalue weighted by atomic mass is 32.2. The first-order chi connectivity index (χ1) is 9.60. The molecule has 0 spiro atoms. The van der Waals surface area contributed by atoms with Crippen LogP contribution in [0.3, 0.4) is 0 Å². The largest absolute Gasteiger partial charge is 0.222 e. The van der Waals surface area contributed by atoms with Gasteiger partial charge in [0, 0.05) is 0 Å². The zero-order valence-electron chi connectivity index (χ0n) is 11.0. The zero-order valence-corrected chi connectivity index (χ0v) is 11.8. The van der Waals surface area contributed by atoms with Crippen LogP contribution < -0.4 is 4.72 Å². The van der Waals surface area contributed by atoms with Crippen molar-refractivity contribution in [1.82, 2.24) is 4.72 Å². The van der Waals surface area contributed by atoms with Crippen molar-refractivity contribution >= 4 is 20.8 Å². The summed E-state index contributed by atoms with van der Waals surface area (Å²) in [5.74, 6) is 0. The first kappa shape index (κ1) is 14.5. The van der Waals surface area contributed by atoms with Gasteiger partial charge in [-0.1, -0.05) is 54.6 Å². The molecule has 2 aromatic rings. The Balaban J connectivity index is 2.55. The van der Waals surface area contributed by atoms with E-state index in [1.165, 1.54) is 18.7 Å². The van der Waals surface area contributed by atoms with E-state index in [2.05, 4.69) is 17.9 Å². The molecule has 0 aliphatic rings. The number of fused-ring (bicyclic) bond motifs is 1. The van der Waals surface area contributed by atoms with Crippen molar-refractivity contribution in [3.8, 4) is 0 Å². The molecule has 0 aromatic heterocycles. The third kappa shape index (κ3) is 2.81. The van der Waals surface area contributed by atoms with Crippen molar-refractivity contribution in [2.24, 2.45) is 0 Å². The molecule has 0 amide bonds. The van der Waals surface area contributed by atoms with Crippen LogP contribution in [-0.2, 0) is 10.0 Å². The number of nitrogens with one attached hydrogen (secondary N) is 1. The smallest absolute Gasteiger partial charge is 0.211 e. The molecule has 20 heavy (non-hydrogen) atoms. The SMILES string of the molecule is C=C[CH]NS(=O)(=O)C(C=C)c1cccc2ccccc12. The average Bonchev–Trinajstić information content (AvgIpc) is 2.46. The van der Waals surface area contributed by atoms with Gasteiger partial charge in [0.05, 0.1) is 6.54 Å². The maximum absolute atomic E-state index is 12.3. The van der Waals surface area contributed by atoms with Crippen LogP contribution in [0.1, 0.15) is 10.8 Å². The molecule has 0 saturated heterocycles.